The number of hydrogen-bond acceptors (Lipinski definition) is 3. The number of nitrogens with one attached hydrogen (secondary N) is 1. The maximum absolute atomic E-state index is 13.1. The molecule has 4 nitrogen and oxygen atoms in total. The molecule has 1 N–H and O–H groups in total. The zero-order valence-corrected chi connectivity index (χ0v) is 13.3. The van der Waals surface area contributed by atoms with Gasteiger partial charge >= 0.3 is 0 Å². The smallest absolute Gasteiger partial charge is 0.274 e. The van der Waals surface area contributed by atoms with Crippen LogP contribution in [0.25, 0.3) is 0 Å². The van der Waals surface area contributed by atoms with Crippen LogP contribution in [0.15, 0.2) is 36.5 Å². The van der Waals surface area contributed by atoms with Gasteiger partial charge in [-0.25, -0.2) is 9.37 Å². The summed E-state index contributed by atoms with van der Waals surface area (Å²) >= 11 is 5.70. The van der Waals surface area contributed by atoms with Crippen molar-refractivity contribution in [3.8, 4) is 0 Å². The molecule has 1 aromatic carbocycles. The molecule has 23 heavy (non-hydrogen) atoms. The summed E-state index contributed by atoms with van der Waals surface area (Å²) in [5.74, 6) is -0.869. The molecule has 1 amide bonds. The van der Waals surface area contributed by atoms with E-state index in [1.807, 2.05) is 6.07 Å². The molecule has 6 heteroatoms. The first-order valence-electron chi connectivity index (χ1n) is 7.61. The first-order valence-corrected chi connectivity index (χ1v) is 7.99. The van der Waals surface area contributed by atoms with Crippen LogP contribution < -0.4 is 10.2 Å². The minimum atomic E-state index is -0.520. The number of carbonyl (C=O) groups excluding carboxylic acids is 1. The molecule has 1 aliphatic heterocycles. The molecule has 2 aromatic rings. The predicted molar refractivity (Wildman–Crippen MR) is 89.7 cm³/mol. The topological polar surface area (TPSA) is 45.2 Å². The summed E-state index contributed by atoms with van der Waals surface area (Å²) in [6.45, 7) is 2.06. The van der Waals surface area contributed by atoms with Gasteiger partial charge in [0.05, 0.1) is 16.9 Å². The van der Waals surface area contributed by atoms with Gasteiger partial charge in [-0.1, -0.05) is 11.6 Å². The second kappa shape index (κ2) is 6.96. The highest BCUT2D eigenvalue weighted by Gasteiger charge is 2.13. The molecule has 0 unspecified atom stereocenters. The van der Waals surface area contributed by atoms with Crippen molar-refractivity contribution in [1.82, 2.24) is 4.98 Å². The standard InChI is InChI=1S/C17H17ClFN3O/c18-14-10-12(4-6-15(14)19)21-17(23)16-7-5-13(11-20-16)22-8-2-1-3-9-22/h4-7,10-11H,1-3,8-9H2,(H,21,23). The minimum Gasteiger partial charge on any atom is -0.370 e. The highest BCUT2D eigenvalue weighted by atomic mass is 35.5. The Morgan fingerprint density at radius 3 is 2.61 bits per heavy atom. The summed E-state index contributed by atoms with van der Waals surface area (Å²) in [6.07, 6.45) is 5.36. The lowest BCUT2D eigenvalue weighted by Crippen LogP contribution is -2.29. The minimum absolute atomic E-state index is 0.0313. The summed E-state index contributed by atoms with van der Waals surface area (Å²) in [4.78, 5) is 18.7. The number of pyridine rings is 1. The van der Waals surface area contributed by atoms with Crippen LogP contribution in [0.5, 0.6) is 0 Å². The third kappa shape index (κ3) is 3.79. The van der Waals surface area contributed by atoms with Crippen LogP contribution in [0.1, 0.15) is 29.8 Å². The third-order valence-corrected chi connectivity index (χ3v) is 4.17. The monoisotopic (exact) mass is 333 g/mol. The van der Waals surface area contributed by atoms with E-state index in [9.17, 15) is 9.18 Å². The zero-order chi connectivity index (χ0) is 16.2. The van der Waals surface area contributed by atoms with E-state index < -0.39 is 5.82 Å². The molecule has 0 atom stereocenters. The van der Waals surface area contributed by atoms with Gasteiger partial charge in [-0.3, -0.25) is 4.79 Å². The second-order valence-corrected chi connectivity index (χ2v) is 5.94. The number of amides is 1. The highest BCUT2D eigenvalue weighted by Crippen LogP contribution is 2.21. The number of anilines is 2. The van der Waals surface area contributed by atoms with Gasteiger partial charge in [0.15, 0.2) is 0 Å². The number of carbonyl (C=O) groups is 1. The van der Waals surface area contributed by atoms with Crippen LogP contribution in [-0.4, -0.2) is 24.0 Å². The number of piperidine rings is 1. The first kappa shape index (κ1) is 15.7. The van der Waals surface area contributed by atoms with E-state index in [1.54, 1.807) is 12.3 Å². The Bertz CT molecular complexity index is 699. The predicted octanol–water partition coefficient (Wildman–Crippen LogP) is 4.12. The Hall–Kier alpha value is -2.14. The van der Waals surface area contributed by atoms with Crippen LogP contribution in [0.2, 0.25) is 5.02 Å². The normalized spacial score (nSPS) is 14.6. The lowest BCUT2D eigenvalue weighted by molar-refractivity contribution is 0.102. The van der Waals surface area contributed by atoms with Gasteiger partial charge in [-0.05, 0) is 49.6 Å². The van der Waals surface area contributed by atoms with E-state index in [1.165, 1.54) is 37.5 Å². The lowest BCUT2D eigenvalue weighted by Gasteiger charge is -2.28. The van der Waals surface area contributed by atoms with Crippen molar-refractivity contribution in [2.75, 3.05) is 23.3 Å². The van der Waals surface area contributed by atoms with Crippen LogP contribution in [0, 0.1) is 5.82 Å². The molecule has 1 aliphatic rings. The Kier molecular flexibility index (Phi) is 4.76. The van der Waals surface area contributed by atoms with E-state index in [4.69, 9.17) is 11.6 Å². The fourth-order valence-corrected chi connectivity index (χ4v) is 2.81. The molecule has 0 radical (unpaired) electrons. The van der Waals surface area contributed by atoms with Gasteiger partial charge in [0.2, 0.25) is 0 Å². The van der Waals surface area contributed by atoms with Crippen LogP contribution in [0.4, 0.5) is 15.8 Å². The van der Waals surface area contributed by atoms with E-state index in [2.05, 4.69) is 15.2 Å². The van der Waals surface area contributed by atoms with Crippen LogP contribution in [0.3, 0.4) is 0 Å². The quantitative estimate of drug-likeness (QED) is 0.919. The van der Waals surface area contributed by atoms with Crippen molar-refractivity contribution in [3.63, 3.8) is 0 Å². The fraction of sp³-hybridized carbons (Fsp3) is 0.294. The summed E-state index contributed by atoms with van der Waals surface area (Å²) in [5, 5.41) is 2.63. The number of aromatic nitrogens is 1. The van der Waals surface area contributed by atoms with E-state index in [0.29, 0.717) is 11.4 Å². The molecule has 1 fully saturated rings. The van der Waals surface area contributed by atoms with Gasteiger partial charge in [0.25, 0.3) is 5.91 Å². The zero-order valence-electron chi connectivity index (χ0n) is 12.6. The Labute approximate surface area is 139 Å². The van der Waals surface area contributed by atoms with Crippen molar-refractivity contribution in [2.45, 2.75) is 19.3 Å². The van der Waals surface area contributed by atoms with Crippen molar-refractivity contribution >= 4 is 28.9 Å². The van der Waals surface area contributed by atoms with Gasteiger partial charge in [0.1, 0.15) is 11.5 Å². The first-order chi connectivity index (χ1) is 11.1. The summed E-state index contributed by atoms with van der Waals surface area (Å²) in [7, 11) is 0. The molecule has 0 saturated carbocycles. The molecular formula is C17H17ClFN3O. The van der Waals surface area contributed by atoms with E-state index in [-0.39, 0.29) is 10.9 Å². The van der Waals surface area contributed by atoms with Gasteiger partial charge < -0.3 is 10.2 Å². The Balaban J connectivity index is 1.68. The van der Waals surface area contributed by atoms with Crippen LogP contribution in [-0.2, 0) is 0 Å². The maximum atomic E-state index is 13.1. The third-order valence-electron chi connectivity index (χ3n) is 3.88. The molecule has 2 heterocycles. The van der Waals surface area contributed by atoms with Crippen molar-refractivity contribution in [3.05, 3.63) is 53.1 Å². The van der Waals surface area contributed by atoms with Gasteiger partial charge in [-0.15, -0.1) is 0 Å². The highest BCUT2D eigenvalue weighted by molar-refractivity contribution is 6.31. The molecule has 0 aliphatic carbocycles. The number of benzene rings is 1. The molecule has 1 saturated heterocycles. The Morgan fingerprint density at radius 1 is 1.17 bits per heavy atom. The molecule has 3 rings (SSSR count). The summed E-state index contributed by atoms with van der Waals surface area (Å²) < 4.78 is 13.1. The average Bonchev–Trinajstić information content (AvgIpc) is 2.59. The van der Waals surface area contributed by atoms with Gasteiger partial charge in [0, 0.05) is 18.8 Å². The number of hydrogen-bond donors (Lipinski definition) is 1. The molecule has 0 bridgehead atoms. The lowest BCUT2D eigenvalue weighted by atomic mass is 10.1. The van der Waals surface area contributed by atoms with Crippen molar-refractivity contribution in [2.24, 2.45) is 0 Å². The SMILES string of the molecule is O=C(Nc1ccc(F)c(Cl)c1)c1ccc(N2CCCCC2)cn1. The van der Waals surface area contributed by atoms with E-state index >= 15 is 0 Å². The molecule has 0 spiro atoms. The maximum Gasteiger partial charge on any atom is 0.274 e. The second-order valence-electron chi connectivity index (χ2n) is 5.53. The number of rotatable bonds is 3. The number of nitrogens with zero attached hydrogens (tertiary/aromatic N) is 2. The number of halogens is 2. The largest absolute Gasteiger partial charge is 0.370 e. The molecule has 1 aromatic heterocycles. The molecular weight excluding hydrogens is 317 g/mol. The van der Waals surface area contributed by atoms with E-state index in [0.717, 1.165) is 18.8 Å². The Morgan fingerprint density at radius 2 is 1.96 bits per heavy atom. The van der Waals surface area contributed by atoms with Gasteiger partial charge in [-0.2, -0.15) is 0 Å². The fourth-order valence-electron chi connectivity index (χ4n) is 2.63. The van der Waals surface area contributed by atoms with Crippen LogP contribution >= 0.6 is 11.6 Å². The van der Waals surface area contributed by atoms with Crippen molar-refractivity contribution in [1.29, 1.82) is 0 Å². The average molecular weight is 334 g/mol. The summed E-state index contributed by atoms with van der Waals surface area (Å²) in [5.41, 5.74) is 1.78. The summed E-state index contributed by atoms with van der Waals surface area (Å²) in [6, 6.07) is 7.65. The van der Waals surface area contributed by atoms with Crippen molar-refractivity contribution < 1.29 is 9.18 Å². The molecule has 120 valence electrons.